The third-order valence-corrected chi connectivity index (χ3v) is 3.82. The average Bonchev–Trinajstić information content (AvgIpc) is 2.49. The standard InChI is InChI=1S/C16H27BO3S/c18-17(19)15-9-11-16(12-10-15)20-13-7-5-3-1-2-4-6-8-14-21/h9-12,18-19,21H,1-8,13-14H2. The van der Waals surface area contributed by atoms with E-state index in [2.05, 4.69) is 12.6 Å². The van der Waals surface area contributed by atoms with Crippen LogP contribution in [0.4, 0.5) is 0 Å². The highest BCUT2D eigenvalue weighted by Crippen LogP contribution is 2.11. The molecule has 0 aliphatic carbocycles. The molecule has 3 nitrogen and oxygen atoms in total. The molecule has 0 radical (unpaired) electrons. The zero-order valence-electron chi connectivity index (χ0n) is 12.7. The number of hydrogen-bond donors (Lipinski definition) is 3. The first kappa shape index (κ1) is 18.4. The van der Waals surface area contributed by atoms with Gasteiger partial charge in [-0.2, -0.15) is 12.6 Å². The molecule has 0 saturated carbocycles. The fourth-order valence-electron chi connectivity index (χ4n) is 2.20. The lowest BCUT2D eigenvalue weighted by Gasteiger charge is -2.07. The molecule has 0 spiro atoms. The van der Waals surface area contributed by atoms with Crippen molar-refractivity contribution in [3.63, 3.8) is 0 Å². The summed E-state index contributed by atoms with van der Waals surface area (Å²) in [5.41, 5.74) is 0.486. The maximum atomic E-state index is 8.99. The number of hydrogen-bond acceptors (Lipinski definition) is 4. The Hall–Kier alpha value is -0.645. The van der Waals surface area contributed by atoms with Crippen molar-refractivity contribution in [2.75, 3.05) is 12.4 Å². The second kappa shape index (κ2) is 12.0. The lowest BCUT2D eigenvalue weighted by molar-refractivity contribution is 0.304. The summed E-state index contributed by atoms with van der Waals surface area (Å²) in [5.74, 6) is 1.79. The van der Waals surface area contributed by atoms with Crippen LogP contribution in [0.15, 0.2) is 24.3 Å². The summed E-state index contributed by atoms with van der Waals surface area (Å²) in [5, 5.41) is 18.0. The molecule has 1 rings (SSSR count). The van der Waals surface area contributed by atoms with E-state index in [-0.39, 0.29) is 0 Å². The van der Waals surface area contributed by atoms with Crippen LogP contribution in [-0.4, -0.2) is 29.5 Å². The summed E-state index contributed by atoms with van der Waals surface area (Å²) in [7, 11) is -1.41. The van der Waals surface area contributed by atoms with Gasteiger partial charge in [0, 0.05) is 0 Å². The van der Waals surface area contributed by atoms with E-state index in [4.69, 9.17) is 14.8 Å². The molecule has 1 aromatic rings. The molecular formula is C16H27BO3S. The molecule has 5 heteroatoms. The van der Waals surface area contributed by atoms with Gasteiger partial charge in [-0.15, -0.1) is 0 Å². The monoisotopic (exact) mass is 310 g/mol. The molecule has 0 saturated heterocycles. The third kappa shape index (κ3) is 9.07. The van der Waals surface area contributed by atoms with Gasteiger partial charge in [0.1, 0.15) is 5.75 Å². The van der Waals surface area contributed by atoms with Crippen LogP contribution in [0.5, 0.6) is 5.75 Å². The van der Waals surface area contributed by atoms with Crippen molar-refractivity contribution in [2.45, 2.75) is 51.4 Å². The Kier molecular flexibility index (Phi) is 10.5. The van der Waals surface area contributed by atoms with Crippen molar-refractivity contribution in [1.29, 1.82) is 0 Å². The van der Waals surface area contributed by atoms with Crippen LogP contribution in [0.25, 0.3) is 0 Å². The van der Waals surface area contributed by atoms with E-state index in [1.54, 1.807) is 24.3 Å². The Bertz CT molecular complexity index is 357. The summed E-state index contributed by atoms with van der Waals surface area (Å²) < 4.78 is 5.63. The zero-order valence-corrected chi connectivity index (χ0v) is 13.6. The number of benzene rings is 1. The van der Waals surface area contributed by atoms with Crippen molar-refractivity contribution in [3.8, 4) is 5.75 Å². The van der Waals surface area contributed by atoms with Crippen molar-refractivity contribution in [2.24, 2.45) is 0 Å². The summed E-state index contributed by atoms with van der Waals surface area (Å²) in [6.45, 7) is 0.723. The smallest absolute Gasteiger partial charge is 0.488 e. The Morgan fingerprint density at radius 3 is 1.86 bits per heavy atom. The van der Waals surface area contributed by atoms with Gasteiger partial charge in [0.15, 0.2) is 0 Å². The molecule has 0 aliphatic rings. The van der Waals surface area contributed by atoms with Gasteiger partial charge in [-0.05, 0) is 36.2 Å². The summed E-state index contributed by atoms with van der Waals surface area (Å²) in [6, 6.07) is 6.89. The minimum atomic E-state index is -1.41. The quantitative estimate of drug-likeness (QED) is 0.316. The molecule has 0 bridgehead atoms. The Labute approximate surface area is 134 Å². The van der Waals surface area contributed by atoms with Crippen LogP contribution in [0.2, 0.25) is 0 Å². The maximum Gasteiger partial charge on any atom is 0.488 e. The van der Waals surface area contributed by atoms with E-state index < -0.39 is 7.12 Å². The fourth-order valence-corrected chi connectivity index (χ4v) is 2.42. The summed E-state index contributed by atoms with van der Waals surface area (Å²) >= 11 is 4.21. The Morgan fingerprint density at radius 1 is 0.810 bits per heavy atom. The van der Waals surface area contributed by atoms with Crippen molar-refractivity contribution in [3.05, 3.63) is 24.3 Å². The summed E-state index contributed by atoms with van der Waals surface area (Å²) in [4.78, 5) is 0. The van der Waals surface area contributed by atoms with Gasteiger partial charge in [0.05, 0.1) is 6.61 Å². The molecule has 0 unspecified atom stereocenters. The van der Waals surface area contributed by atoms with Crippen LogP contribution in [0.1, 0.15) is 51.4 Å². The molecule has 0 aliphatic heterocycles. The molecule has 1 aromatic carbocycles. The van der Waals surface area contributed by atoms with Crippen LogP contribution in [0, 0.1) is 0 Å². The van der Waals surface area contributed by atoms with Crippen LogP contribution in [0.3, 0.4) is 0 Å². The van der Waals surface area contributed by atoms with E-state index in [1.165, 1.54) is 44.9 Å². The number of rotatable bonds is 12. The Morgan fingerprint density at radius 2 is 1.33 bits per heavy atom. The van der Waals surface area contributed by atoms with Gasteiger partial charge in [-0.3, -0.25) is 0 Å². The highest BCUT2D eigenvalue weighted by Gasteiger charge is 2.09. The molecule has 0 amide bonds. The molecule has 2 N–H and O–H groups in total. The topological polar surface area (TPSA) is 49.7 Å². The zero-order chi connectivity index (χ0) is 15.3. The number of ether oxygens (including phenoxy) is 1. The largest absolute Gasteiger partial charge is 0.494 e. The summed E-state index contributed by atoms with van der Waals surface area (Å²) in [6.07, 6.45) is 10.1. The molecule has 21 heavy (non-hydrogen) atoms. The van der Waals surface area contributed by atoms with Gasteiger partial charge in [0.2, 0.25) is 0 Å². The first-order chi connectivity index (χ1) is 10.2. The second-order valence-electron chi connectivity index (χ2n) is 5.34. The van der Waals surface area contributed by atoms with Crippen LogP contribution < -0.4 is 10.2 Å². The van der Waals surface area contributed by atoms with E-state index >= 15 is 0 Å². The van der Waals surface area contributed by atoms with E-state index in [0.29, 0.717) is 5.46 Å². The maximum absolute atomic E-state index is 8.99. The minimum Gasteiger partial charge on any atom is -0.494 e. The first-order valence-corrected chi connectivity index (χ1v) is 8.57. The van der Waals surface area contributed by atoms with Crippen molar-refractivity contribution < 1.29 is 14.8 Å². The highest BCUT2D eigenvalue weighted by molar-refractivity contribution is 7.80. The highest BCUT2D eigenvalue weighted by atomic mass is 32.1. The van der Waals surface area contributed by atoms with Crippen molar-refractivity contribution in [1.82, 2.24) is 0 Å². The Balaban J connectivity index is 1.96. The van der Waals surface area contributed by atoms with Gasteiger partial charge >= 0.3 is 7.12 Å². The van der Waals surface area contributed by atoms with E-state index in [1.807, 2.05) is 0 Å². The fraction of sp³-hybridized carbons (Fsp3) is 0.625. The lowest BCUT2D eigenvalue weighted by atomic mass is 9.80. The average molecular weight is 310 g/mol. The minimum absolute atomic E-state index is 0.486. The molecule has 0 aromatic heterocycles. The van der Waals surface area contributed by atoms with Gasteiger partial charge in [0.25, 0.3) is 0 Å². The van der Waals surface area contributed by atoms with Gasteiger partial charge in [-0.25, -0.2) is 0 Å². The molecule has 0 fully saturated rings. The first-order valence-electron chi connectivity index (χ1n) is 7.94. The molecule has 0 heterocycles. The van der Waals surface area contributed by atoms with E-state index in [9.17, 15) is 0 Å². The predicted molar refractivity (Wildman–Crippen MR) is 92.6 cm³/mol. The normalized spacial score (nSPS) is 10.6. The molecule has 0 atom stereocenters. The SMILES string of the molecule is OB(O)c1ccc(OCCCCCCCCCCS)cc1. The third-order valence-electron chi connectivity index (χ3n) is 3.50. The molecule has 118 valence electrons. The number of unbranched alkanes of at least 4 members (excludes halogenated alkanes) is 7. The van der Waals surface area contributed by atoms with E-state index in [0.717, 1.165) is 24.5 Å². The second-order valence-corrected chi connectivity index (χ2v) is 5.79. The van der Waals surface area contributed by atoms with Gasteiger partial charge < -0.3 is 14.8 Å². The van der Waals surface area contributed by atoms with Crippen LogP contribution in [-0.2, 0) is 0 Å². The number of thiol groups is 1. The van der Waals surface area contributed by atoms with Crippen molar-refractivity contribution >= 4 is 25.2 Å². The van der Waals surface area contributed by atoms with Crippen LogP contribution >= 0.6 is 12.6 Å². The predicted octanol–water partition coefficient (Wildman–Crippen LogP) is 2.80. The van der Waals surface area contributed by atoms with Gasteiger partial charge in [-0.1, -0.05) is 50.7 Å². The lowest BCUT2D eigenvalue weighted by Crippen LogP contribution is -2.29. The molecular weight excluding hydrogens is 283 g/mol.